The summed E-state index contributed by atoms with van der Waals surface area (Å²) in [5, 5.41) is 19.2. The quantitative estimate of drug-likeness (QED) is 0.726. The Morgan fingerprint density at radius 3 is 3.00 bits per heavy atom. The topological polar surface area (TPSA) is 80.9 Å². The van der Waals surface area contributed by atoms with Gasteiger partial charge in [-0.25, -0.2) is 9.48 Å². The summed E-state index contributed by atoms with van der Waals surface area (Å²) in [4.78, 5) is 10.8. The SMILES string of the molecule is CSCC[C@H](C(=O)O)n1cnnn1. The van der Waals surface area contributed by atoms with Crippen molar-refractivity contribution < 1.29 is 9.90 Å². The van der Waals surface area contributed by atoms with E-state index in [-0.39, 0.29) is 0 Å². The summed E-state index contributed by atoms with van der Waals surface area (Å²) in [7, 11) is 0. The Kier molecular flexibility index (Phi) is 3.69. The van der Waals surface area contributed by atoms with Crippen LogP contribution in [0.15, 0.2) is 6.33 Å². The molecule has 0 bridgehead atoms. The van der Waals surface area contributed by atoms with Crippen LogP contribution in [0, 0.1) is 0 Å². The number of carboxylic acid groups (broad SMARTS) is 1. The summed E-state index contributed by atoms with van der Waals surface area (Å²) in [6, 6.07) is -0.651. The molecule has 0 aliphatic heterocycles. The van der Waals surface area contributed by atoms with E-state index in [1.54, 1.807) is 11.8 Å². The molecular formula is C6H10N4O2S. The molecule has 0 aliphatic rings. The van der Waals surface area contributed by atoms with Crippen LogP contribution in [-0.2, 0) is 4.79 Å². The van der Waals surface area contributed by atoms with Crippen molar-refractivity contribution in [1.29, 1.82) is 0 Å². The fourth-order valence-electron chi connectivity index (χ4n) is 0.910. The number of nitrogens with zero attached hydrogens (tertiary/aromatic N) is 4. The minimum atomic E-state index is -0.902. The van der Waals surface area contributed by atoms with Crippen LogP contribution in [-0.4, -0.2) is 43.3 Å². The molecule has 0 fully saturated rings. The zero-order valence-electron chi connectivity index (χ0n) is 7.12. The van der Waals surface area contributed by atoms with Gasteiger partial charge >= 0.3 is 5.97 Å². The normalized spacial score (nSPS) is 12.7. The molecule has 1 rings (SSSR count). The Morgan fingerprint density at radius 1 is 1.77 bits per heavy atom. The molecule has 1 N–H and O–H groups in total. The van der Waals surface area contributed by atoms with Crippen LogP contribution in [0.3, 0.4) is 0 Å². The molecule has 0 radical (unpaired) electrons. The summed E-state index contributed by atoms with van der Waals surface area (Å²) < 4.78 is 1.26. The van der Waals surface area contributed by atoms with Crippen molar-refractivity contribution in [3.05, 3.63) is 6.33 Å². The van der Waals surface area contributed by atoms with Crippen molar-refractivity contribution in [3.63, 3.8) is 0 Å². The number of aliphatic carboxylic acids is 1. The number of aromatic nitrogens is 4. The van der Waals surface area contributed by atoms with Gasteiger partial charge in [-0.3, -0.25) is 0 Å². The molecule has 0 aliphatic carbocycles. The number of hydrogen-bond acceptors (Lipinski definition) is 5. The molecular weight excluding hydrogens is 192 g/mol. The van der Waals surface area contributed by atoms with Gasteiger partial charge in [0.05, 0.1) is 0 Å². The summed E-state index contributed by atoms with van der Waals surface area (Å²) in [6.07, 6.45) is 3.78. The third kappa shape index (κ3) is 2.69. The fraction of sp³-hybridized carbons (Fsp3) is 0.667. The third-order valence-electron chi connectivity index (χ3n) is 1.56. The monoisotopic (exact) mass is 202 g/mol. The second-order valence-electron chi connectivity index (χ2n) is 2.43. The Labute approximate surface area is 79.3 Å². The number of hydrogen-bond donors (Lipinski definition) is 1. The van der Waals surface area contributed by atoms with Crippen molar-refractivity contribution in [2.45, 2.75) is 12.5 Å². The van der Waals surface area contributed by atoms with Crippen LogP contribution < -0.4 is 0 Å². The predicted octanol–water partition coefficient (Wildman–Crippen LogP) is 0.0519. The van der Waals surface area contributed by atoms with Gasteiger partial charge in [0, 0.05) is 0 Å². The van der Waals surface area contributed by atoms with Crippen molar-refractivity contribution in [2.75, 3.05) is 12.0 Å². The zero-order chi connectivity index (χ0) is 9.68. The van der Waals surface area contributed by atoms with E-state index in [1.807, 2.05) is 6.26 Å². The largest absolute Gasteiger partial charge is 0.480 e. The number of carbonyl (C=O) groups is 1. The average molecular weight is 202 g/mol. The highest BCUT2D eigenvalue weighted by Gasteiger charge is 2.19. The second-order valence-corrected chi connectivity index (χ2v) is 3.41. The van der Waals surface area contributed by atoms with E-state index < -0.39 is 12.0 Å². The van der Waals surface area contributed by atoms with Crippen LogP contribution in [0.4, 0.5) is 0 Å². The van der Waals surface area contributed by atoms with E-state index in [0.29, 0.717) is 6.42 Å². The maximum absolute atomic E-state index is 10.8. The van der Waals surface area contributed by atoms with Crippen molar-refractivity contribution in [3.8, 4) is 0 Å². The standard InChI is InChI=1S/C6H10N4O2S/c1-13-3-2-5(6(11)12)10-4-7-8-9-10/h4-5H,2-3H2,1H3,(H,11,12)/t5-/m1/s1. The van der Waals surface area contributed by atoms with Gasteiger partial charge in [0.15, 0.2) is 6.04 Å². The van der Waals surface area contributed by atoms with Crippen molar-refractivity contribution >= 4 is 17.7 Å². The lowest BCUT2D eigenvalue weighted by Crippen LogP contribution is -2.20. The highest BCUT2D eigenvalue weighted by Crippen LogP contribution is 2.12. The molecule has 0 amide bonds. The Balaban J connectivity index is 2.63. The number of rotatable bonds is 5. The minimum absolute atomic E-state index is 0.529. The third-order valence-corrected chi connectivity index (χ3v) is 2.21. The van der Waals surface area contributed by atoms with Gasteiger partial charge in [0.2, 0.25) is 0 Å². The van der Waals surface area contributed by atoms with E-state index in [2.05, 4.69) is 15.5 Å². The van der Waals surface area contributed by atoms with Crippen molar-refractivity contribution in [1.82, 2.24) is 20.2 Å². The summed E-state index contributed by atoms with van der Waals surface area (Å²) in [6.45, 7) is 0. The van der Waals surface area contributed by atoms with Gasteiger partial charge in [-0.1, -0.05) is 0 Å². The molecule has 1 heterocycles. The van der Waals surface area contributed by atoms with E-state index in [0.717, 1.165) is 5.75 Å². The molecule has 1 aromatic rings. The lowest BCUT2D eigenvalue weighted by molar-refractivity contribution is -0.141. The lowest BCUT2D eigenvalue weighted by Gasteiger charge is -2.09. The predicted molar refractivity (Wildman–Crippen MR) is 47.5 cm³/mol. The molecule has 0 saturated heterocycles. The van der Waals surface area contributed by atoms with Crippen molar-refractivity contribution in [2.24, 2.45) is 0 Å². The minimum Gasteiger partial charge on any atom is -0.480 e. The van der Waals surface area contributed by atoms with Crippen LogP contribution in [0.2, 0.25) is 0 Å². The fourth-order valence-corrected chi connectivity index (χ4v) is 1.37. The highest BCUT2D eigenvalue weighted by atomic mass is 32.2. The maximum Gasteiger partial charge on any atom is 0.328 e. The first-order valence-electron chi connectivity index (χ1n) is 3.70. The average Bonchev–Trinajstić information content (AvgIpc) is 2.57. The first-order chi connectivity index (χ1) is 6.25. The zero-order valence-corrected chi connectivity index (χ0v) is 7.94. The number of thioether (sulfide) groups is 1. The molecule has 13 heavy (non-hydrogen) atoms. The summed E-state index contributed by atoms with van der Waals surface area (Å²) >= 11 is 1.60. The van der Waals surface area contributed by atoms with Gasteiger partial charge in [-0.15, -0.1) is 5.10 Å². The first-order valence-corrected chi connectivity index (χ1v) is 5.09. The summed E-state index contributed by atoms with van der Waals surface area (Å²) in [5.74, 6) is -0.127. The smallest absolute Gasteiger partial charge is 0.328 e. The molecule has 0 spiro atoms. The van der Waals surface area contributed by atoms with Gasteiger partial charge in [-0.2, -0.15) is 11.8 Å². The maximum atomic E-state index is 10.8. The van der Waals surface area contributed by atoms with Gasteiger partial charge in [0.1, 0.15) is 6.33 Å². The van der Waals surface area contributed by atoms with Crippen LogP contribution >= 0.6 is 11.8 Å². The molecule has 6 nitrogen and oxygen atoms in total. The molecule has 0 unspecified atom stereocenters. The van der Waals surface area contributed by atoms with Gasteiger partial charge < -0.3 is 5.11 Å². The Bertz CT molecular complexity index is 264. The van der Waals surface area contributed by atoms with E-state index >= 15 is 0 Å². The number of tetrazole rings is 1. The molecule has 1 aromatic heterocycles. The lowest BCUT2D eigenvalue weighted by atomic mass is 10.2. The van der Waals surface area contributed by atoms with Crippen LogP contribution in [0.25, 0.3) is 0 Å². The molecule has 7 heteroatoms. The number of carboxylic acids is 1. The highest BCUT2D eigenvalue weighted by molar-refractivity contribution is 7.98. The molecule has 0 aromatic carbocycles. The van der Waals surface area contributed by atoms with Crippen LogP contribution in [0.1, 0.15) is 12.5 Å². The second kappa shape index (κ2) is 4.80. The van der Waals surface area contributed by atoms with Gasteiger partial charge in [0.25, 0.3) is 0 Å². The first kappa shape index (κ1) is 9.97. The molecule has 72 valence electrons. The molecule has 0 saturated carbocycles. The molecule has 1 atom stereocenters. The van der Waals surface area contributed by atoms with Crippen LogP contribution in [0.5, 0.6) is 0 Å². The Hall–Kier alpha value is -1.11. The van der Waals surface area contributed by atoms with E-state index in [4.69, 9.17) is 5.11 Å². The Morgan fingerprint density at radius 2 is 2.54 bits per heavy atom. The van der Waals surface area contributed by atoms with Gasteiger partial charge in [-0.05, 0) is 28.9 Å². The van der Waals surface area contributed by atoms with E-state index in [1.165, 1.54) is 11.0 Å². The summed E-state index contributed by atoms with van der Waals surface area (Å²) in [5.41, 5.74) is 0. The van der Waals surface area contributed by atoms with E-state index in [9.17, 15) is 4.79 Å².